The molecule has 2 saturated heterocycles. The first-order valence-electron chi connectivity index (χ1n) is 7.53. The molecular weight excluding hydrogens is 252 g/mol. The van der Waals surface area contributed by atoms with Gasteiger partial charge >= 0.3 is 0 Å². The van der Waals surface area contributed by atoms with Crippen molar-refractivity contribution in [2.45, 2.75) is 25.8 Å². The topological polar surface area (TPSA) is 54.6 Å². The van der Waals surface area contributed by atoms with Crippen LogP contribution in [-0.2, 0) is 4.74 Å². The monoisotopic (exact) mass is 276 g/mol. The SMILES string of the molecule is Cc1cc(N)cnc1N1CCC(N2CCOCC2)CC1. The third-order valence-electron chi connectivity index (χ3n) is 4.40. The number of aryl methyl sites for hydroxylation is 1. The number of ether oxygens (including phenoxy) is 1. The van der Waals surface area contributed by atoms with E-state index in [0.29, 0.717) is 6.04 Å². The first kappa shape index (κ1) is 13.6. The summed E-state index contributed by atoms with van der Waals surface area (Å²) < 4.78 is 5.43. The number of rotatable bonds is 2. The summed E-state index contributed by atoms with van der Waals surface area (Å²) in [5.41, 5.74) is 7.70. The Balaban J connectivity index is 1.60. The molecule has 1 aromatic heterocycles. The second kappa shape index (κ2) is 5.97. The van der Waals surface area contributed by atoms with Gasteiger partial charge in [-0.3, -0.25) is 4.90 Å². The zero-order valence-corrected chi connectivity index (χ0v) is 12.2. The van der Waals surface area contributed by atoms with Gasteiger partial charge in [0.1, 0.15) is 5.82 Å². The zero-order valence-electron chi connectivity index (χ0n) is 12.2. The Kier molecular flexibility index (Phi) is 4.08. The fourth-order valence-electron chi connectivity index (χ4n) is 3.31. The van der Waals surface area contributed by atoms with Crippen LogP contribution < -0.4 is 10.6 Å². The molecule has 0 aromatic carbocycles. The molecule has 2 aliphatic heterocycles. The van der Waals surface area contributed by atoms with Crippen molar-refractivity contribution < 1.29 is 4.74 Å². The van der Waals surface area contributed by atoms with E-state index in [0.717, 1.165) is 50.9 Å². The molecule has 110 valence electrons. The molecule has 0 spiro atoms. The Morgan fingerprint density at radius 3 is 2.55 bits per heavy atom. The number of anilines is 2. The van der Waals surface area contributed by atoms with Gasteiger partial charge in [-0.2, -0.15) is 0 Å². The molecule has 0 bridgehead atoms. The molecule has 0 amide bonds. The molecule has 20 heavy (non-hydrogen) atoms. The Bertz CT molecular complexity index is 451. The third kappa shape index (κ3) is 2.88. The average Bonchev–Trinajstić information content (AvgIpc) is 2.48. The Hall–Kier alpha value is -1.33. The number of nitrogens with two attached hydrogens (primary N) is 1. The molecule has 5 nitrogen and oxygen atoms in total. The van der Waals surface area contributed by atoms with Crippen LogP contribution in [0.5, 0.6) is 0 Å². The minimum atomic E-state index is 0.712. The Labute approximate surface area is 120 Å². The summed E-state index contributed by atoms with van der Waals surface area (Å²) in [5.74, 6) is 1.10. The highest BCUT2D eigenvalue weighted by molar-refractivity contribution is 5.52. The molecule has 0 aliphatic carbocycles. The van der Waals surface area contributed by atoms with E-state index in [1.807, 2.05) is 6.07 Å². The van der Waals surface area contributed by atoms with Crippen molar-refractivity contribution in [3.63, 3.8) is 0 Å². The van der Waals surface area contributed by atoms with Crippen molar-refractivity contribution in [1.29, 1.82) is 0 Å². The molecule has 0 atom stereocenters. The number of nitrogen functional groups attached to an aromatic ring is 1. The fourth-order valence-corrected chi connectivity index (χ4v) is 3.31. The molecule has 0 saturated carbocycles. The Morgan fingerprint density at radius 2 is 1.90 bits per heavy atom. The van der Waals surface area contributed by atoms with E-state index in [1.54, 1.807) is 6.20 Å². The summed E-state index contributed by atoms with van der Waals surface area (Å²) in [5, 5.41) is 0. The number of piperidine rings is 1. The van der Waals surface area contributed by atoms with Crippen LogP contribution in [0.15, 0.2) is 12.3 Å². The molecule has 5 heteroatoms. The number of nitrogens with zero attached hydrogens (tertiary/aromatic N) is 3. The van der Waals surface area contributed by atoms with E-state index < -0.39 is 0 Å². The van der Waals surface area contributed by atoms with Crippen molar-refractivity contribution in [3.8, 4) is 0 Å². The second-order valence-electron chi connectivity index (χ2n) is 5.78. The molecule has 3 rings (SSSR count). The van der Waals surface area contributed by atoms with Crippen LogP contribution in [0.1, 0.15) is 18.4 Å². The number of morpholine rings is 1. The van der Waals surface area contributed by atoms with Crippen molar-refractivity contribution in [1.82, 2.24) is 9.88 Å². The Morgan fingerprint density at radius 1 is 1.20 bits per heavy atom. The largest absolute Gasteiger partial charge is 0.397 e. The van der Waals surface area contributed by atoms with E-state index in [1.165, 1.54) is 18.4 Å². The van der Waals surface area contributed by atoms with Crippen molar-refractivity contribution in [2.24, 2.45) is 0 Å². The lowest BCUT2D eigenvalue weighted by atomic mass is 10.0. The summed E-state index contributed by atoms with van der Waals surface area (Å²) in [6, 6.07) is 2.72. The minimum Gasteiger partial charge on any atom is -0.397 e. The third-order valence-corrected chi connectivity index (χ3v) is 4.40. The van der Waals surface area contributed by atoms with Crippen molar-refractivity contribution in [3.05, 3.63) is 17.8 Å². The summed E-state index contributed by atoms with van der Waals surface area (Å²) in [4.78, 5) is 9.49. The maximum absolute atomic E-state index is 5.78. The maximum Gasteiger partial charge on any atom is 0.131 e. The molecule has 0 unspecified atom stereocenters. The summed E-state index contributed by atoms with van der Waals surface area (Å²) >= 11 is 0. The number of pyridine rings is 1. The van der Waals surface area contributed by atoms with Crippen LogP contribution in [0.25, 0.3) is 0 Å². The normalized spacial score (nSPS) is 22.1. The second-order valence-corrected chi connectivity index (χ2v) is 5.78. The van der Waals surface area contributed by atoms with Crippen LogP contribution in [0.4, 0.5) is 11.5 Å². The molecule has 2 N–H and O–H groups in total. The summed E-state index contributed by atoms with van der Waals surface area (Å²) in [6.07, 6.45) is 4.19. The predicted molar refractivity (Wildman–Crippen MR) is 81.0 cm³/mol. The number of hydrogen-bond acceptors (Lipinski definition) is 5. The van der Waals surface area contributed by atoms with Gasteiger partial charge in [-0.05, 0) is 31.4 Å². The standard InChI is InChI=1S/C15H24N4O/c1-12-10-13(16)11-17-15(12)19-4-2-14(3-5-19)18-6-8-20-9-7-18/h10-11,14H,2-9,16H2,1H3. The van der Waals surface area contributed by atoms with Crippen LogP contribution in [-0.4, -0.2) is 55.3 Å². The predicted octanol–water partition coefficient (Wildman–Crippen LogP) is 1.27. The lowest BCUT2D eigenvalue weighted by molar-refractivity contribution is 0.0114. The quantitative estimate of drug-likeness (QED) is 0.881. The van der Waals surface area contributed by atoms with Gasteiger partial charge in [0.05, 0.1) is 25.1 Å². The fraction of sp³-hybridized carbons (Fsp3) is 0.667. The smallest absolute Gasteiger partial charge is 0.131 e. The van der Waals surface area contributed by atoms with E-state index >= 15 is 0 Å². The molecule has 2 aliphatic rings. The van der Waals surface area contributed by atoms with Gasteiger partial charge in [0, 0.05) is 32.2 Å². The van der Waals surface area contributed by atoms with E-state index in [9.17, 15) is 0 Å². The van der Waals surface area contributed by atoms with Crippen LogP contribution in [0.2, 0.25) is 0 Å². The molecule has 2 fully saturated rings. The summed E-state index contributed by atoms with van der Waals surface area (Å²) in [6.45, 7) is 8.21. The van der Waals surface area contributed by atoms with Gasteiger partial charge < -0.3 is 15.4 Å². The highest BCUT2D eigenvalue weighted by Gasteiger charge is 2.26. The highest BCUT2D eigenvalue weighted by atomic mass is 16.5. The average molecular weight is 276 g/mol. The molecular formula is C15H24N4O. The minimum absolute atomic E-state index is 0.712. The van der Waals surface area contributed by atoms with Gasteiger partial charge in [-0.1, -0.05) is 0 Å². The van der Waals surface area contributed by atoms with Crippen LogP contribution in [0.3, 0.4) is 0 Å². The van der Waals surface area contributed by atoms with Crippen LogP contribution >= 0.6 is 0 Å². The first-order valence-corrected chi connectivity index (χ1v) is 7.53. The van der Waals surface area contributed by atoms with E-state index in [2.05, 4.69) is 21.7 Å². The zero-order chi connectivity index (χ0) is 13.9. The van der Waals surface area contributed by atoms with Gasteiger partial charge in [-0.25, -0.2) is 4.98 Å². The molecule has 3 heterocycles. The van der Waals surface area contributed by atoms with Crippen molar-refractivity contribution >= 4 is 11.5 Å². The number of aromatic nitrogens is 1. The molecule has 1 aromatic rings. The lowest BCUT2D eigenvalue weighted by Crippen LogP contribution is -2.49. The van der Waals surface area contributed by atoms with Gasteiger partial charge in [0.25, 0.3) is 0 Å². The summed E-state index contributed by atoms with van der Waals surface area (Å²) in [7, 11) is 0. The van der Waals surface area contributed by atoms with Gasteiger partial charge in [0.2, 0.25) is 0 Å². The van der Waals surface area contributed by atoms with Gasteiger partial charge in [-0.15, -0.1) is 0 Å². The first-order chi connectivity index (χ1) is 9.74. The maximum atomic E-state index is 5.78. The van der Waals surface area contributed by atoms with Crippen molar-refractivity contribution in [2.75, 3.05) is 50.0 Å². The number of hydrogen-bond donors (Lipinski definition) is 1. The highest BCUT2D eigenvalue weighted by Crippen LogP contribution is 2.25. The lowest BCUT2D eigenvalue weighted by Gasteiger charge is -2.40. The van der Waals surface area contributed by atoms with E-state index in [4.69, 9.17) is 10.5 Å². The van der Waals surface area contributed by atoms with Gasteiger partial charge in [0.15, 0.2) is 0 Å². The van der Waals surface area contributed by atoms with E-state index in [-0.39, 0.29) is 0 Å². The molecule has 0 radical (unpaired) electrons. The van der Waals surface area contributed by atoms with Crippen LogP contribution in [0, 0.1) is 6.92 Å².